The first-order valence-corrected chi connectivity index (χ1v) is 3.50. The molecule has 4 heteroatoms. The first-order valence-electron chi connectivity index (χ1n) is 3.50. The van der Waals surface area contributed by atoms with E-state index < -0.39 is 0 Å². The van der Waals surface area contributed by atoms with Gasteiger partial charge in [-0.2, -0.15) is 0 Å². The Labute approximate surface area is 66.3 Å². The van der Waals surface area contributed by atoms with E-state index in [4.69, 9.17) is 0 Å². The van der Waals surface area contributed by atoms with E-state index in [1.165, 1.54) is 12.7 Å². The average Bonchev–Trinajstić information content (AvgIpc) is 2.05. The molecule has 0 spiro atoms. The third-order valence-electron chi connectivity index (χ3n) is 1.66. The van der Waals surface area contributed by atoms with Gasteiger partial charge in [0.25, 0.3) is 0 Å². The lowest BCUT2D eigenvalue weighted by atomic mass is 10.3. The van der Waals surface area contributed by atoms with Gasteiger partial charge >= 0.3 is 0 Å². The second-order valence-electron chi connectivity index (χ2n) is 2.64. The molecule has 0 fully saturated rings. The molecule has 1 aromatic heterocycles. The zero-order valence-electron chi connectivity index (χ0n) is 7.02. The molecule has 0 aliphatic carbocycles. The van der Waals surface area contributed by atoms with E-state index in [1.807, 2.05) is 14.1 Å². The number of aromatic nitrogens is 3. The minimum absolute atomic E-state index is 0.248. The van der Waals surface area contributed by atoms with E-state index in [-0.39, 0.29) is 6.04 Å². The number of rotatable bonds is 2. The van der Waals surface area contributed by atoms with Gasteiger partial charge in [0.05, 0.1) is 6.04 Å². The molecule has 0 radical (unpaired) electrons. The van der Waals surface area contributed by atoms with Gasteiger partial charge in [0.15, 0.2) is 0 Å². The Bertz CT molecular complexity index is 209. The molecule has 0 bridgehead atoms. The Kier molecular flexibility index (Phi) is 2.48. The van der Waals surface area contributed by atoms with Gasteiger partial charge in [0.1, 0.15) is 18.5 Å². The van der Waals surface area contributed by atoms with Crippen LogP contribution in [-0.4, -0.2) is 33.9 Å². The summed E-state index contributed by atoms with van der Waals surface area (Å²) < 4.78 is 0. The molecule has 0 aliphatic rings. The van der Waals surface area contributed by atoms with Gasteiger partial charge in [-0.3, -0.25) is 4.90 Å². The molecule has 0 amide bonds. The molecule has 60 valence electrons. The maximum absolute atomic E-state index is 4.04. The van der Waals surface area contributed by atoms with Crippen molar-refractivity contribution < 1.29 is 0 Å². The summed E-state index contributed by atoms with van der Waals surface area (Å²) in [6.07, 6.45) is 3.03. The number of hydrogen-bond donors (Lipinski definition) is 0. The van der Waals surface area contributed by atoms with Crippen LogP contribution in [0.1, 0.15) is 18.8 Å². The molecule has 0 N–H and O–H groups in total. The number of hydrogen-bond acceptors (Lipinski definition) is 4. The second-order valence-corrected chi connectivity index (χ2v) is 2.64. The SMILES string of the molecule is CC(c1ncncn1)N(C)C. The molecule has 0 saturated heterocycles. The topological polar surface area (TPSA) is 41.9 Å². The van der Waals surface area contributed by atoms with Crippen molar-refractivity contribution in [3.63, 3.8) is 0 Å². The molecule has 1 aromatic rings. The summed E-state index contributed by atoms with van der Waals surface area (Å²) in [4.78, 5) is 13.9. The highest BCUT2D eigenvalue weighted by atomic mass is 15.1. The van der Waals surface area contributed by atoms with Gasteiger partial charge < -0.3 is 0 Å². The summed E-state index contributed by atoms with van der Waals surface area (Å²) in [5, 5.41) is 0. The van der Waals surface area contributed by atoms with Crippen LogP contribution in [0.3, 0.4) is 0 Å². The minimum atomic E-state index is 0.248. The van der Waals surface area contributed by atoms with Crippen molar-refractivity contribution in [3.8, 4) is 0 Å². The maximum atomic E-state index is 4.04. The highest BCUT2D eigenvalue weighted by molar-refractivity contribution is 4.88. The van der Waals surface area contributed by atoms with Crippen LogP contribution in [0.15, 0.2) is 12.7 Å². The van der Waals surface area contributed by atoms with Crippen LogP contribution < -0.4 is 0 Å². The van der Waals surface area contributed by atoms with Crippen molar-refractivity contribution >= 4 is 0 Å². The molecule has 11 heavy (non-hydrogen) atoms. The fourth-order valence-corrected chi connectivity index (χ4v) is 0.695. The molecule has 1 rings (SSSR count). The smallest absolute Gasteiger partial charge is 0.148 e. The van der Waals surface area contributed by atoms with Gasteiger partial charge in [-0.15, -0.1) is 0 Å². The number of nitrogens with zero attached hydrogens (tertiary/aromatic N) is 4. The monoisotopic (exact) mass is 152 g/mol. The van der Waals surface area contributed by atoms with Crippen molar-refractivity contribution in [3.05, 3.63) is 18.5 Å². The Morgan fingerprint density at radius 2 is 1.82 bits per heavy atom. The van der Waals surface area contributed by atoms with Gasteiger partial charge in [0, 0.05) is 0 Å². The maximum Gasteiger partial charge on any atom is 0.148 e. The minimum Gasteiger partial charge on any atom is -0.300 e. The van der Waals surface area contributed by atoms with Crippen molar-refractivity contribution in [1.29, 1.82) is 0 Å². The third kappa shape index (κ3) is 1.94. The Hall–Kier alpha value is -1.03. The van der Waals surface area contributed by atoms with Crippen LogP contribution in [0, 0.1) is 0 Å². The first kappa shape index (κ1) is 8.07. The van der Waals surface area contributed by atoms with E-state index in [0.29, 0.717) is 0 Å². The summed E-state index contributed by atoms with van der Waals surface area (Å²) in [5.41, 5.74) is 0. The normalized spacial score (nSPS) is 13.5. The zero-order chi connectivity index (χ0) is 8.27. The highest BCUT2D eigenvalue weighted by Crippen LogP contribution is 2.09. The van der Waals surface area contributed by atoms with Crippen molar-refractivity contribution in [2.24, 2.45) is 0 Å². The van der Waals surface area contributed by atoms with E-state index in [9.17, 15) is 0 Å². The largest absolute Gasteiger partial charge is 0.300 e. The van der Waals surface area contributed by atoms with Crippen molar-refractivity contribution in [1.82, 2.24) is 19.9 Å². The lowest BCUT2D eigenvalue weighted by Gasteiger charge is -2.16. The van der Waals surface area contributed by atoms with Crippen molar-refractivity contribution in [2.45, 2.75) is 13.0 Å². The standard InChI is InChI=1S/C7H12N4/c1-6(11(2)3)7-9-4-8-5-10-7/h4-6H,1-3H3. The molecule has 1 atom stereocenters. The van der Waals surface area contributed by atoms with E-state index in [0.717, 1.165) is 5.82 Å². The third-order valence-corrected chi connectivity index (χ3v) is 1.66. The molecule has 4 nitrogen and oxygen atoms in total. The predicted octanol–water partition coefficient (Wildman–Crippen LogP) is 0.494. The van der Waals surface area contributed by atoms with E-state index in [1.54, 1.807) is 0 Å². The van der Waals surface area contributed by atoms with Gasteiger partial charge in [-0.25, -0.2) is 15.0 Å². The van der Waals surface area contributed by atoms with Crippen LogP contribution in [0.25, 0.3) is 0 Å². The fourth-order valence-electron chi connectivity index (χ4n) is 0.695. The van der Waals surface area contributed by atoms with Crippen LogP contribution >= 0.6 is 0 Å². The van der Waals surface area contributed by atoms with Gasteiger partial charge in [-0.1, -0.05) is 0 Å². The molecular formula is C7H12N4. The van der Waals surface area contributed by atoms with Crippen molar-refractivity contribution in [2.75, 3.05) is 14.1 Å². The van der Waals surface area contributed by atoms with E-state index >= 15 is 0 Å². The average molecular weight is 152 g/mol. The van der Waals surface area contributed by atoms with Crippen LogP contribution in [0.4, 0.5) is 0 Å². The van der Waals surface area contributed by atoms with Gasteiger partial charge in [0.2, 0.25) is 0 Å². The lowest BCUT2D eigenvalue weighted by molar-refractivity contribution is 0.308. The van der Waals surface area contributed by atoms with Crippen LogP contribution in [0.5, 0.6) is 0 Å². The molecular weight excluding hydrogens is 140 g/mol. The molecule has 0 aromatic carbocycles. The molecule has 0 saturated carbocycles. The van der Waals surface area contributed by atoms with Crippen LogP contribution in [-0.2, 0) is 0 Å². The molecule has 0 aliphatic heterocycles. The van der Waals surface area contributed by atoms with Crippen LogP contribution in [0.2, 0.25) is 0 Å². The Balaban J connectivity index is 2.77. The predicted molar refractivity (Wildman–Crippen MR) is 41.9 cm³/mol. The molecule has 1 heterocycles. The zero-order valence-corrected chi connectivity index (χ0v) is 7.02. The van der Waals surface area contributed by atoms with Gasteiger partial charge in [-0.05, 0) is 21.0 Å². The first-order chi connectivity index (χ1) is 5.22. The summed E-state index contributed by atoms with van der Waals surface area (Å²) >= 11 is 0. The Morgan fingerprint density at radius 3 is 2.27 bits per heavy atom. The highest BCUT2D eigenvalue weighted by Gasteiger charge is 2.08. The van der Waals surface area contributed by atoms with E-state index in [2.05, 4.69) is 26.8 Å². The summed E-state index contributed by atoms with van der Waals surface area (Å²) in [7, 11) is 3.99. The lowest BCUT2D eigenvalue weighted by Crippen LogP contribution is -2.19. The summed E-state index contributed by atoms with van der Waals surface area (Å²) in [5.74, 6) is 0.810. The Morgan fingerprint density at radius 1 is 1.27 bits per heavy atom. The molecule has 1 unspecified atom stereocenters. The summed E-state index contributed by atoms with van der Waals surface area (Å²) in [6.45, 7) is 2.05. The summed E-state index contributed by atoms with van der Waals surface area (Å²) in [6, 6.07) is 0.248. The quantitative estimate of drug-likeness (QED) is 0.618. The fraction of sp³-hybridized carbons (Fsp3) is 0.571. The second kappa shape index (κ2) is 3.39.